The van der Waals surface area contributed by atoms with E-state index in [0.717, 1.165) is 57.9 Å². The first-order valence-electron chi connectivity index (χ1n) is 18.0. The molecule has 0 aliphatic carbocycles. The molecular formula is C40H44F2N6O8S2. The summed E-state index contributed by atoms with van der Waals surface area (Å²) in [6.45, 7) is 6.59. The minimum absolute atomic E-state index is 0.0231. The van der Waals surface area contributed by atoms with Gasteiger partial charge >= 0.3 is 24.2 Å². The summed E-state index contributed by atoms with van der Waals surface area (Å²) in [7, 11) is 0. The molecule has 4 heterocycles. The summed E-state index contributed by atoms with van der Waals surface area (Å²) < 4.78 is 27.0. The standard InChI is InChI=1S/2C18H20FN3O2S.C3H4O2.CO2/c2*19-13-5-1-4-12(8-13)16-9-14(22-18(20)24)17(25-16)15(23)7-11-3-2-6-21-10-11;1-2-3(4)5;2-1-3/h2*1,4-5,8-9,11,21H,2-3,6-7,10H2,(H3,20,22,24);2H,1H2,(H,4,5);/t2*11-;;/m11../s1. The number of carbonyl (C=O) groups is 5. The smallest absolute Gasteiger partial charge is 0.373 e. The third-order valence-corrected chi connectivity index (χ3v) is 11.1. The monoisotopic (exact) mass is 838 g/mol. The first-order valence-corrected chi connectivity index (χ1v) is 19.6. The Balaban J connectivity index is 0.000000262. The van der Waals surface area contributed by atoms with Gasteiger partial charge in [-0.3, -0.25) is 9.59 Å². The lowest BCUT2D eigenvalue weighted by Crippen LogP contribution is -2.31. The summed E-state index contributed by atoms with van der Waals surface area (Å²) in [5, 5.41) is 19.2. The molecule has 0 spiro atoms. The minimum atomic E-state index is -0.981. The van der Waals surface area contributed by atoms with E-state index in [1.54, 1.807) is 36.4 Å². The SMILES string of the molecule is C=CC(=O)O.NC(=O)Nc1cc(-c2cccc(F)c2)sc1C(=O)C[C@H]1CCCNC1.NC(=O)Nc1cc(-c2cccc(F)c2)sc1C(=O)C[C@H]1CCCNC1.O=C=O. The Morgan fingerprint density at radius 1 is 0.759 bits per heavy atom. The molecule has 2 aromatic heterocycles. The number of thiophene rings is 2. The maximum Gasteiger partial charge on any atom is 0.373 e. The third-order valence-electron chi connectivity index (χ3n) is 8.63. The number of rotatable bonds is 11. The highest BCUT2D eigenvalue weighted by molar-refractivity contribution is 7.18. The Morgan fingerprint density at radius 2 is 1.14 bits per heavy atom. The topological polar surface area (TPSA) is 240 Å². The van der Waals surface area contributed by atoms with Crippen molar-refractivity contribution >= 4 is 69.8 Å². The molecule has 14 nitrogen and oxygen atoms in total. The number of primary amides is 2. The minimum Gasteiger partial charge on any atom is -0.478 e. The second-order valence-corrected chi connectivity index (χ2v) is 15.1. The predicted molar refractivity (Wildman–Crippen MR) is 218 cm³/mol. The van der Waals surface area contributed by atoms with Crippen LogP contribution in [0, 0.1) is 23.5 Å². The first-order chi connectivity index (χ1) is 27.7. The van der Waals surface area contributed by atoms with Crippen LogP contribution in [0.3, 0.4) is 0 Å². The molecule has 0 unspecified atom stereocenters. The molecule has 4 amide bonds. The molecule has 2 aliphatic heterocycles. The lowest BCUT2D eigenvalue weighted by atomic mass is 9.93. The van der Waals surface area contributed by atoms with E-state index in [4.69, 9.17) is 26.2 Å². The molecule has 58 heavy (non-hydrogen) atoms. The van der Waals surface area contributed by atoms with E-state index in [1.807, 2.05) is 0 Å². The number of carboxylic acid groups (broad SMARTS) is 1. The largest absolute Gasteiger partial charge is 0.478 e. The summed E-state index contributed by atoms with van der Waals surface area (Å²) in [6, 6.07) is 14.2. The summed E-state index contributed by atoms with van der Waals surface area (Å²) in [6.07, 6.45) is 6.07. The lowest BCUT2D eigenvalue weighted by Gasteiger charge is -2.21. The summed E-state index contributed by atoms with van der Waals surface area (Å²) in [5.41, 5.74) is 12.6. The van der Waals surface area contributed by atoms with Gasteiger partial charge in [-0.2, -0.15) is 9.59 Å². The molecule has 2 aliphatic rings. The second-order valence-electron chi connectivity index (χ2n) is 13.0. The molecule has 308 valence electrons. The lowest BCUT2D eigenvalue weighted by molar-refractivity contribution is -0.191. The Bertz CT molecular complexity index is 1960. The van der Waals surface area contributed by atoms with Crippen molar-refractivity contribution in [3.05, 3.63) is 94.7 Å². The van der Waals surface area contributed by atoms with Crippen molar-refractivity contribution in [3.63, 3.8) is 0 Å². The zero-order valence-corrected chi connectivity index (χ0v) is 32.9. The average molecular weight is 839 g/mol. The average Bonchev–Trinajstić information content (AvgIpc) is 3.81. The van der Waals surface area contributed by atoms with Crippen LogP contribution in [0.15, 0.2) is 73.3 Å². The number of benzene rings is 2. The molecule has 0 saturated carbocycles. The van der Waals surface area contributed by atoms with Gasteiger partial charge in [-0.25, -0.2) is 23.2 Å². The first kappa shape index (κ1) is 46.5. The molecule has 2 saturated heterocycles. The quantitative estimate of drug-likeness (QED) is 0.0608. The maximum absolute atomic E-state index is 13.5. The highest BCUT2D eigenvalue weighted by Crippen LogP contribution is 2.38. The van der Waals surface area contributed by atoms with Gasteiger partial charge in [0.15, 0.2) is 11.6 Å². The van der Waals surface area contributed by atoms with E-state index < -0.39 is 18.0 Å². The molecule has 0 radical (unpaired) electrons. The fraction of sp³-hybridized carbons (Fsp3) is 0.300. The third kappa shape index (κ3) is 15.6. The van der Waals surface area contributed by atoms with Crippen LogP contribution in [-0.4, -0.2) is 67.0 Å². The van der Waals surface area contributed by atoms with Crippen LogP contribution >= 0.6 is 22.7 Å². The number of piperidine rings is 2. The van der Waals surface area contributed by atoms with E-state index >= 15 is 0 Å². The number of urea groups is 2. The molecule has 18 heteroatoms. The Labute approximate surface area is 341 Å². The van der Waals surface area contributed by atoms with Crippen molar-refractivity contribution in [1.29, 1.82) is 0 Å². The number of anilines is 2. The number of hydrogen-bond acceptors (Lipinski definition) is 11. The second kappa shape index (κ2) is 24.0. The van der Waals surface area contributed by atoms with E-state index in [9.17, 15) is 32.8 Å². The van der Waals surface area contributed by atoms with Gasteiger partial charge in [0.2, 0.25) is 0 Å². The maximum atomic E-state index is 13.5. The van der Waals surface area contributed by atoms with Gasteiger partial charge in [0.05, 0.1) is 21.1 Å². The Kier molecular flexibility index (Phi) is 19.2. The van der Waals surface area contributed by atoms with E-state index in [2.05, 4.69) is 27.8 Å². The number of hydrogen-bond donors (Lipinski definition) is 7. The zero-order valence-electron chi connectivity index (χ0n) is 31.3. The molecule has 2 aromatic carbocycles. The number of nitrogens with one attached hydrogen (secondary N) is 4. The van der Waals surface area contributed by atoms with Crippen LogP contribution < -0.4 is 32.7 Å². The normalized spacial score (nSPS) is 15.6. The fourth-order valence-electron chi connectivity index (χ4n) is 6.12. The van der Waals surface area contributed by atoms with Crippen molar-refractivity contribution in [2.45, 2.75) is 38.5 Å². The van der Waals surface area contributed by atoms with Crippen LogP contribution in [0.1, 0.15) is 57.9 Å². The number of nitrogens with two attached hydrogens (primary N) is 2. The molecule has 0 bridgehead atoms. The number of ketones is 2. The van der Waals surface area contributed by atoms with E-state index in [1.165, 1.54) is 46.9 Å². The van der Waals surface area contributed by atoms with Crippen molar-refractivity contribution in [2.24, 2.45) is 23.3 Å². The zero-order chi connectivity index (χ0) is 42.6. The van der Waals surface area contributed by atoms with Crippen molar-refractivity contribution in [3.8, 4) is 20.9 Å². The van der Waals surface area contributed by atoms with Gasteiger partial charge in [-0.1, -0.05) is 30.8 Å². The highest BCUT2D eigenvalue weighted by Gasteiger charge is 2.24. The van der Waals surface area contributed by atoms with Crippen molar-refractivity contribution in [2.75, 3.05) is 36.8 Å². The van der Waals surface area contributed by atoms with Crippen molar-refractivity contribution < 1.29 is 47.4 Å². The Morgan fingerprint density at radius 3 is 1.43 bits per heavy atom. The molecule has 2 atom stereocenters. The van der Waals surface area contributed by atoms with Crippen LogP contribution in [0.5, 0.6) is 0 Å². The number of aliphatic carboxylic acids is 1. The van der Waals surface area contributed by atoms with Crippen LogP contribution in [0.2, 0.25) is 0 Å². The number of halogens is 2. The number of amides is 4. The molecule has 2 fully saturated rings. The molecule has 6 rings (SSSR count). The van der Waals surface area contributed by atoms with Gasteiger partial charge in [-0.15, -0.1) is 22.7 Å². The van der Waals surface area contributed by atoms with Gasteiger partial charge in [0.25, 0.3) is 0 Å². The molecular weight excluding hydrogens is 795 g/mol. The van der Waals surface area contributed by atoms with Crippen molar-refractivity contribution in [1.82, 2.24) is 10.6 Å². The number of Topliss-reactive ketones (excluding diaryl/α,β-unsaturated/α-hetero) is 2. The van der Waals surface area contributed by atoms with Gasteiger partial charge in [0, 0.05) is 28.7 Å². The molecule has 4 aromatic rings. The Hall–Kier alpha value is -5.91. The predicted octanol–water partition coefficient (Wildman–Crippen LogP) is 6.91. The van der Waals surface area contributed by atoms with Crippen LogP contribution in [0.4, 0.5) is 29.7 Å². The van der Waals surface area contributed by atoms with Gasteiger partial charge in [0.1, 0.15) is 11.6 Å². The number of carboxylic acids is 1. The summed E-state index contributed by atoms with van der Waals surface area (Å²) >= 11 is 2.51. The molecule has 9 N–H and O–H groups in total. The fourth-order valence-corrected chi connectivity index (χ4v) is 8.24. The number of carbonyl (C=O) groups excluding carboxylic acids is 6. The highest BCUT2D eigenvalue weighted by atomic mass is 32.1. The van der Waals surface area contributed by atoms with Crippen LogP contribution in [-0.2, 0) is 14.4 Å². The summed E-state index contributed by atoms with van der Waals surface area (Å²) in [4.78, 5) is 75.9. The van der Waals surface area contributed by atoms with E-state index in [-0.39, 0.29) is 29.4 Å². The van der Waals surface area contributed by atoms with Gasteiger partial charge < -0.3 is 37.8 Å². The van der Waals surface area contributed by atoms with Gasteiger partial charge in [-0.05, 0) is 111 Å². The summed E-state index contributed by atoms with van der Waals surface area (Å²) in [5.74, 6) is -1.14. The van der Waals surface area contributed by atoms with Crippen LogP contribution in [0.25, 0.3) is 20.9 Å². The van der Waals surface area contributed by atoms with E-state index in [0.29, 0.717) is 66.7 Å².